The molecule has 0 saturated heterocycles. The highest BCUT2D eigenvalue weighted by Crippen LogP contribution is 2.43. The summed E-state index contributed by atoms with van der Waals surface area (Å²) in [7, 11) is 0. The van der Waals surface area contributed by atoms with Gasteiger partial charge in [-0.05, 0) is 25.0 Å². The first-order valence-electron chi connectivity index (χ1n) is 6.52. The summed E-state index contributed by atoms with van der Waals surface area (Å²) in [5.41, 5.74) is 0. The van der Waals surface area contributed by atoms with Gasteiger partial charge in [0.15, 0.2) is 0 Å². The van der Waals surface area contributed by atoms with E-state index in [1.807, 2.05) is 18.2 Å². The minimum absolute atomic E-state index is 0.165. The molecule has 1 aromatic rings. The van der Waals surface area contributed by atoms with Gasteiger partial charge >= 0.3 is 5.97 Å². The second-order valence-electron chi connectivity index (χ2n) is 4.73. The molecule has 2 unspecified atom stereocenters. The van der Waals surface area contributed by atoms with E-state index >= 15 is 0 Å². The third-order valence-electron chi connectivity index (χ3n) is 3.25. The molecule has 1 aliphatic rings. The minimum atomic E-state index is -0.750. The highest BCUT2D eigenvalue weighted by Gasteiger charge is 2.28. The molecule has 1 saturated carbocycles. The van der Waals surface area contributed by atoms with Gasteiger partial charge in [-0.1, -0.05) is 42.1 Å². The molecule has 0 radical (unpaired) electrons. The zero-order chi connectivity index (χ0) is 14.5. The molecule has 2 nitrogen and oxygen atoms in total. The normalized spacial score (nSPS) is 22.7. The second-order valence-corrected chi connectivity index (χ2v) is 8.03. The zero-order valence-corrected chi connectivity index (χ0v) is 14.0. The van der Waals surface area contributed by atoms with E-state index in [4.69, 9.17) is 28.3 Å². The number of carboxylic acid groups (broad SMARTS) is 1. The molecule has 1 N–H and O–H groups in total. The summed E-state index contributed by atoms with van der Waals surface area (Å²) in [6, 6.07) is 5.53. The molecule has 0 aromatic heterocycles. The smallest absolute Gasteiger partial charge is 0.313 e. The van der Waals surface area contributed by atoms with Crippen molar-refractivity contribution in [2.75, 3.05) is 5.75 Å². The molecule has 1 aromatic carbocycles. The van der Waals surface area contributed by atoms with Crippen molar-refractivity contribution in [1.82, 2.24) is 0 Å². The third kappa shape index (κ3) is 4.48. The molecule has 0 bridgehead atoms. The van der Waals surface area contributed by atoms with Crippen LogP contribution in [0.2, 0.25) is 10.0 Å². The van der Waals surface area contributed by atoms with Gasteiger partial charge in [0.2, 0.25) is 0 Å². The Morgan fingerprint density at radius 1 is 1.20 bits per heavy atom. The fourth-order valence-corrected chi connectivity index (χ4v) is 5.66. The first kappa shape index (κ1) is 16.3. The van der Waals surface area contributed by atoms with Crippen molar-refractivity contribution in [3.8, 4) is 0 Å². The van der Waals surface area contributed by atoms with E-state index in [0.29, 0.717) is 20.5 Å². The molecule has 2 rings (SSSR count). The number of carboxylic acids is 1. The molecule has 0 spiro atoms. The Hall–Kier alpha value is -0.0300. The van der Waals surface area contributed by atoms with Gasteiger partial charge in [-0.25, -0.2) is 0 Å². The highest BCUT2D eigenvalue weighted by atomic mass is 35.5. The molecule has 110 valence electrons. The lowest BCUT2D eigenvalue weighted by atomic mass is 10.00. The van der Waals surface area contributed by atoms with Crippen molar-refractivity contribution in [2.45, 2.75) is 41.1 Å². The van der Waals surface area contributed by atoms with Gasteiger partial charge in [0.25, 0.3) is 0 Å². The topological polar surface area (TPSA) is 37.3 Å². The van der Waals surface area contributed by atoms with E-state index in [2.05, 4.69) is 0 Å². The SMILES string of the molecule is O=C(O)CSC1CCCCC1Sc1c(Cl)cccc1Cl. The van der Waals surface area contributed by atoms with Crippen molar-refractivity contribution in [1.29, 1.82) is 0 Å². The Balaban J connectivity index is 2.06. The Morgan fingerprint density at radius 2 is 1.80 bits per heavy atom. The quantitative estimate of drug-likeness (QED) is 0.790. The van der Waals surface area contributed by atoms with E-state index < -0.39 is 5.97 Å². The van der Waals surface area contributed by atoms with Crippen molar-refractivity contribution in [2.24, 2.45) is 0 Å². The summed E-state index contributed by atoms with van der Waals surface area (Å²) in [4.78, 5) is 11.7. The molecule has 20 heavy (non-hydrogen) atoms. The number of carbonyl (C=O) groups is 1. The van der Waals surface area contributed by atoms with Gasteiger partial charge in [0, 0.05) is 15.4 Å². The first-order valence-corrected chi connectivity index (χ1v) is 9.20. The molecule has 0 aliphatic heterocycles. The first-order chi connectivity index (χ1) is 9.58. The number of halogens is 2. The Morgan fingerprint density at radius 3 is 2.40 bits per heavy atom. The van der Waals surface area contributed by atoms with Crippen molar-refractivity contribution < 1.29 is 9.90 Å². The molecule has 0 amide bonds. The summed E-state index contributed by atoms with van der Waals surface area (Å²) < 4.78 is 0. The van der Waals surface area contributed by atoms with E-state index in [9.17, 15) is 4.79 Å². The minimum Gasteiger partial charge on any atom is -0.481 e. The van der Waals surface area contributed by atoms with Crippen molar-refractivity contribution in [3.05, 3.63) is 28.2 Å². The maximum atomic E-state index is 10.7. The maximum Gasteiger partial charge on any atom is 0.313 e. The van der Waals surface area contributed by atoms with Crippen LogP contribution < -0.4 is 0 Å². The summed E-state index contributed by atoms with van der Waals surface area (Å²) in [6.07, 6.45) is 4.51. The van der Waals surface area contributed by atoms with Gasteiger partial charge in [-0.3, -0.25) is 4.79 Å². The summed E-state index contributed by atoms with van der Waals surface area (Å²) >= 11 is 15.7. The predicted molar refractivity (Wildman–Crippen MR) is 88.5 cm³/mol. The number of aliphatic carboxylic acids is 1. The fraction of sp³-hybridized carbons (Fsp3) is 0.500. The van der Waals surface area contributed by atoms with E-state index in [0.717, 1.165) is 17.7 Å². The average Bonchev–Trinajstić information content (AvgIpc) is 2.42. The number of benzene rings is 1. The summed E-state index contributed by atoms with van der Waals surface area (Å²) in [5.74, 6) is -0.585. The number of thioether (sulfide) groups is 2. The van der Waals surface area contributed by atoms with Crippen LogP contribution in [0.4, 0.5) is 0 Å². The lowest BCUT2D eigenvalue weighted by molar-refractivity contribution is -0.133. The Bertz CT molecular complexity index is 462. The predicted octanol–water partition coefficient (Wildman–Crippen LogP) is 5.21. The van der Waals surface area contributed by atoms with Gasteiger partial charge in [0.05, 0.1) is 15.8 Å². The van der Waals surface area contributed by atoms with Crippen molar-refractivity contribution >= 4 is 52.7 Å². The Labute approximate surface area is 137 Å². The monoisotopic (exact) mass is 350 g/mol. The second kappa shape index (κ2) is 7.83. The van der Waals surface area contributed by atoms with E-state index in [-0.39, 0.29) is 5.75 Å². The molecule has 0 heterocycles. The van der Waals surface area contributed by atoms with Crippen LogP contribution in [0.15, 0.2) is 23.1 Å². The summed E-state index contributed by atoms with van der Waals surface area (Å²) in [5, 5.41) is 10.9. The van der Waals surface area contributed by atoms with Crippen molar-refractivity contribution in [3.63, 3.8) is 0 Å². The van der Waals surface area contributed by atoms with Gasteiger partial charge < -0.3 is 5.11 Å². The lowest BCUT2D eigenvalue weighted by Gasteiger charge is -2.30. The van der Waals surface area contributed by atoms with Crippen LogP contribution in [-0.4, -0.2) is 27.3 Å². The average molecular weight is 351 g/mol. The van der Waals surface area contributed by atoms with Crippen LogP contribution in [0.1, 0.15) is 25.7 Å². The van der Waals surface area contributed by atoms with E-state index in [1.54, 1.807) is 11.8 Å². The van der Waals surface area contributed by atoms with Crippen LogP contribution >= 0.6 is 46.7 Å². The molecule has 1 fully saturated rings. The zero-order valence-electron chi connectivity index (χ0n) is 10.9. The van der Waals surface area contributed by atoms with Crippen LogP contribution in [-0.2, 0) is 4.79 Å². The molecular formula is C14H16Cl2O2S2. The highest BCUT2D eigenvalue weighted by molar-refractivity contribution is 8.04. The molecule has 6 heteroatoms. The number of hydrogen-bond acceptors (Lipinski definition) is 3. The third-order valence-corrected chi connectivity index (χ3v) is 7.23. The molecule has 1 aliphatic carbocycles. The van der Waals surface area contributed by atoms with Crippen LogP contribution in [0.3, 0.4) is 0 Å². The lowest BCUT2D eigenvalue weighted by Crippen LogP contribution is -2.25. The molecular weight excluding hydrogens is 335 g/mol. The summed E-state index contributed by atoms with van der Waals surface area (Å²) in [6.45, 7) is 0. The fourth-order valence-electron chi connectivity index (χ4n) is 2.31. The standard InChI is InChI=1S/C14H16Cl2O2S2/c15-9-4-3-5-10(16)14(9)20-12-7-2-1-6-11(12)19-8-13(17)18/h3-5,11-12H,1-2,6-8H2,(H,17,18). The molecule has 2 atom stereocenters. The van der Waals surface area contributed by atoms with Crippen LogP contribution in [0, 0.1) is 0 Å². The van der Waals surface area contributed by atoms with Crippen LogP contribution in [0.25, 0.3) is 0 Å². The van der Waals surface area contributed by atoms with E-state index in [1.165, 1.54) is 24.6 Å². The number of hydrogen-bond donors (Lipinski definition) is 1. The maximum absolute atomic E-state index is 10.7. The number of rotatable bonds is 5. The largest absolute Gasteiger partial charge is 0.481 e. The van der Waals surface area contributed by atoms with Gasteiger partial charge in [-0.2, -0.15) is 0 Å². The van der Waals surface area contributed by atoms with Crippen LogP contribution in [0.5, 0.6) is 0 Å². The van der Waals surface area contributed by atoms with Gasteiger partial charge in [0.1, 0.15) is 0 Å². The Kier molecular flexibility index (Phi) is 6.40. The van der Waals surface area contributed by atoms with Gasteiger partial charge in [-0.15, -0.1) is 23.5 Å².